The van der Waals surface area contributed by atoms with E-state index in [1.165, 1.54) is 11.6 Å². The first-order valence-corrected chi connectivity index (χ1v) is 6.06. The Kier molecular flexibility index (Phi) is 3.86. The topological polar surface area (TPSA) is 92.9 Å². The molecule has 2 aromatic rings. The van der Waals surface area contributed by atoms with Crippen molar-refractivity contribution in [1.29, 1.82) is 0 Å². The van der Waals surface area contributed by atoms with Gasteiger partial charge in [-0.25, -0.2) is 0 Å². The summed E-state index contributed by atoms with van der Waals surface area (Å²) in [4.78, 5) is 11.9. The number of aromatic nitrogens is 2. The molecule has 0 bridgehead atoms. The molecule has 0 saturated heterocycles. The van der Waals surface area contributed by atoms with Crippen LogP contribution in [0.4, 0.5) is 24.0 Å². The Morgan fingerprint density at radius 3 is 2.65 bits per heavy atom. The van der Waals surface area contributed by atoms with E-state index in [2.05, 4.69) is 15.5 Å². The van der Waals surface area contributed by atoms with Crippen LogP contribution < -0.4 is 16.6 Å². The lowest BCUT2D eigenvalue weighted by molar-refractivity contribution is -0.137. The second-order valence-electron chi connectivity index (χ2n) is 3.57. The number of anilines is 2. The molecule has 6 nitrogen and oxygen atoms in total. The average molecular weight is 303 g/mol. The van der Waals surface area contributed by atoms with Crippen molar-refractivity contribution < 1.29 is 18.0 Å². The second kappa shape index (κ2) is 5.43. The van der Waals surface area contributed by atoms with Gasteiger partial charge in [0.25, 0.3) is 5.91 Å². The summed E-state index contributed by atoms with van der Waals surface area (Å²) in [6.07, 6.45) is -4.62. The highest BCUT2D eigenvalue weighted by atomic mass is 32.1. The summed E-state index contributed by atoms with van der Waals surface area (Å²) in [6.45, 7) is 0. The molecule has 1 aromatic heterocycles. The highest BCUT2D eigenvalue weighted by Crippen LogP contribution is 2.36. The van der Waals surface area contributed by atoms with E-state index in [-0.39, 0.29) is 10.7 Å². The first-order chi connectivity index (χ1) is 9.43. The lowest BCUT2D eigenvalue weighted by Gasteiger charge is -2.15. The zero-order valence-electron chi connectivity index (χ0n) is 9.73. The van der Waals surface area contributed by atoms with Gasteiger partial charge in [0.2, 0.25) is 5.13 Å². The van der Waals surface area contributed by atoms with E-state index in [1.54, 1.807) is 0 Å². The van der Waals surface area contributed by atoms with E-state index in [4.69, 9.17) is 5.84 Å². The maximum atomic E-state index is 12.8. The molecule has 0 aliphatic carbocycles. The molecule has 1 aromatic carbocycles. The number of alkyl halides is 3. The number of rotatable bonds is 3. The molecule has 20 heavy (non-hydrogen) atoms. The van der Waals surface area contributed by atoms with E-state index in [1.807, 2.05) is 5.43 Å². The summed E-state index contributed by atoms with van der Waals surface area (Å²) >= 11 is 1.04. The van der Waals surface area contributed by atoms with Gasteiger partial charge in [-0.15, -0.1) is 10.2 Å². The number of carbonyl (C=O) groups excluding carboxylic acids is 1. The second-order valence-corrected chi connectivity index (χ2v) is 4.40. The maximum absolute atomic E-state index is 12.8. The number of nitrogens with one attached hydrogen (secondary N) is 2. The first kappa shape index (κ1) is 14.2. The summed E-state index contributed by atoms with van der Waals surface area (Å²) < 4.78 is 38.4. The minimum absolute atomic E-state index is 0.176. The molecule has 4 N–H and O–H groups in total. The number of hydrogen-bond acceptors (Lipinski definition) is 6. The fourth-order valence-electron chi connectivity index (χ4n) is 1.53. The number of hydrazine groups is 1. The van der Waals surface area contributed by atoms with E-state index in [0.717, 1.165) is 23.5 Å². The van der Waals surface area contributed by atoms with Gasteiger partial charge >= 0.3 is 6.18 Å². The Morgan fingerprint density at radius 2 is 2.10 bits per heavy atom. The number of nitrogen functional groups attached to an aromatic ring is 1. The van der Waals surface area contributed by atoms with Gasteiger partial charge < -0.3 is 5.43 Å². The summed E-state index contributed by atoms with van der Waals surface area (Å²) in [6, 6.07) is 3.18. The van der Waals surface area contributed by atoms with Gasteiger partial charge in [-0.05, 0) is 12.1 Å². The van der Waals surface area contributed by atoms with Crippen LogP contribution in [0.2, 0.25) is 0 Å². The van der Waals surface area contributed by atoms with Gasteiger partial charge in [-0.2, -0.15) is 13.2 Å². The van der Waals surface area contributed by atoms with Gasteiger partial charge in [0.1, 0.15) is 5.51 Å². The molecule has 0 aliphatic rings. The third-order valence-corrected chi connectivity index (χ3v) is 2.95. The third-order valence-electron chi connectivity index (χ3n) is 2.34. The van der Waals surface area contributed by atoms with Gasteiger partial charge in [0, 0.05) is 0 Å². The molecule has 1 amide bonds. The van der Waals surface area contributed by atoms with Gasteiger partial charge in [-0.1, -0.05) is 17.4 Å². The van der Waals surface area contributed by atoms with E-state index >= 15 is 0 Å². The van der Waals surface area contributed by atoms with Crippen LogP contribution in [-0.4, -0.2) is 16.1 Å². The first-order valence-electron chi connectivity index (χ1n) is 5.18. The van der Waals surface area contributed by atoms with Crippen LogP contribution in [0, 0.1) is 0 Å². The van der Waals surface area contributed by atoms with Crippen molar-refractivity contribution in [2.24, 2.45) is 5.84 Å². The molecule has 0 fully saturated rings. The lowest BCUT2D eigenvalue weighted by atomic mass is 10.1. The number of benzene rings is 1. The fourth-order valence-corrected chi connectivity index (χ4v) is 1.97. The predicted molar refractivity (Wildman–Crippen MR) is 67.1 cm³/mol. The zero-order valence-corrected chi connectivity index (χ0v) is 10.5. The van der Waals surface area contributed by atoms with Crippen molar-refractivity contribution in [3.8, 4) is 0 Å². The van der Waals surface area contributed by atoms with Crippen LogP contribution in [-0.2, 0) is 6.18 Å². The van der Waals surface area contributed by atoms with Crippen LogP contribution in [0.3, 0.4) is 0 Å². The van der Waals surface area contributed by atoms with E-state index < -0.39 is 23.3 Å². The van der Waals surface area contributed by atoms with Crippen molar-refractivity contribution in [2.75, 3.05) is 10.7 Å². The Balaban J connectivity index is 2.39. The molecule has 0 radical (unpaired) electrons. The number of amides is 1. The van der Waals surface area contributed by atoms with Crippen molar-refractivity contribution in [3.05, 3.63) is 34.8 Å². The highest BCUT2D eigenvalue weighted by Gasteiger charge is 2.35. The molecule has 0 aliphatic heterocycles. The Hall–Kier alpha value is -2.20. The predicted octanol–water partition coefficient (Wildman–Crippen LogP) is 2.09. The normalized spacial score (nSPS) is 11.2. The lowest BCUT2D eigenvalue weighted by Crippen LogP contribution is -2.21. The average Bonchev–Trinajstić information content (AvgIpc) is 2.89. The van der Waals surface area contributed by atoms with Crippen LogP contribution in [0.15, 0.2) is 23.7 Å². The summed E-state index contributed by atoms with van der Waals surface area (Å²) in [5.74, 6) is 4.34. The van der Waals surface area contributed by atoms with Crippen molar-refractivity contribution in [3.63, 3.8) is 0 Å². The number of hydrogen-bond donors (Lipinski definition) is 3. The number of para-hydroxylation sites is 1. The van der Waals surface area contributed by atoms with E-state index in [9.17, 15) is 18.0 Å². The van der Waals surface area contributed by atoms with Crippen LogP contribution >= 0.6 is 11.3 Å². The SMILES string of the molecule is NNc1c(C(=O)Nc2nncs2)cccc1C(F)(F)F. The minimum atomic E-state index is -4.62. The molecular formula is C10H8F3N5OS. The number of halogens is 3. The van der Waals surface area contributed by atoms with E-state index in [0.29, 0.717) is 0 Å². The van der Waals surface area contributed by atoms with Gasteiger partial charge in [0.15, 0.2) is 0 Å². The minimum Gasteiger partial charge on any atom is -0.323 e. The summed E-state index contributed by atoms with van der Waals surface area (Å²) in [7, 11) is 0. The van der Waals surface area contributed by atoms with Crippen LogP contribution in [0.1, 0.15) is 15.9 Å². The molecule has 0 spiro atoms. The molecule has 2 rings (SSSR count). The molecule has 0 unspecified atom stereocenters. The van der Waals surface area contributed by atoms with Gasteiger partial charge in [0.05, 0.1) is 16.8 Å². The Morgan fingerprint density at radius 1 is 1.35 bits per heavy atom. The zero-order chi connectivity index (χ0) is 14.8. The molecule has 106 valence electrons. The van der Waals surface area contributed by atoms with Gasteiger partial charge in [-0.3, -0.25) is 16.0 Å². The largest absolute Gasteiger partial charge is 0.418 e. The maximum Gasteiger partial charge on any atom is 0.418 e. The standard InChI is InChI=1S/C10H8F3N5OS/c11-10(12,13)6-3-1-2-5(7(6)17-14)8(19)16-9-18-15-4-20-9/h1-4,17H,14H2,(H,16,18,19). The Labute approximate surface area is 114 Å². The Bertz CT molecular complexity index is 614. The number of carbonyl (C=O) groups is 1. The summed E-state index contributed by atoms with van der Waals surface area (Å²) in [5, 5.41) is 9.58. The fraction of sp³-hybridized carbons (Fsp3) is 0.100. The third kappa shape index (κ3) is 2.86. The van der Waals surface area contributed by atoms with Crippen LogP contribution in [0.5, 0.6) is 0 Å². The summed E-state index contributed by atoms with van der Waals surface area (Å²) in [5.41, 5.74) is 1.54. The molecule has 10 heteroatoms. The molecular weight excluding hydrogens is 295 g/mol. The van der Waals surface area contributed by atoms with Crippen molar-refractivity contribution >= 4 is 28.1 Å². The monoisotopic (exact) mass is 303 g/mol. The van der Waals surface area contributed by atoms with Crippen molar-refractivity contribution in [1.82, 2.24) is 10.2 Å². The van der Waals surface area contributed by atoms with Crippen LogP contribution in [0.25, 0.3) is 0 Å². The number of nitrogens with two attached hydrogens (primary N) is 1. The number of nitrogens with zero attached hydrogens (tertiary/aromatic N) is 2. The van der Waals surface area contributed by atoms with Crippen molar-refractivity contribution in [2.45, 2.75) is 6.18 Å². The molecule has 0 saturated carbocycles. The quantitative estimate of drug-likeness (QED) is 0.596. The molecule has 1 heterocycles. The smallest absolute Gasteiger partial charge is 0.323 e. The molecule has 0 atom stereocenters. The highest BCUT2D eigenvalue weighted by molar-refractivity contribution is 7.13.